The normalized spacial score (nSPS) is 11.7. The molecule has 25 heavy (non-hydrogen) atoms. The van der Waals surface area contributed by atoms with E-state index in [0.717, 1.165) is 5.56 Å². The predicted octanol–water partition coefficient (Wildman–Crippen LogP) is 2.41. The van der Waals surface area contributed by atoms with Crippen LogP contribution in [0.4, 0.5) is 5.69 Å². The van der Waals surface area contributed by atoms with Gasteiger partial charge in [0.2, 0.25) is 0 Å². The molecule has 0 aliphatic heterocycles. The van der Waals surface area contributed by atoms with Crippen LogP contribution in [0.25, 0.3) is 0 Å². The second-order valence-corrected chi connectivity index (χ2v) is 5.97. The second-order valence-electron chi connectivity index (χ2n) is 5.57. The van der Waals surface area contributed by atoms with Gasteiger partial charge in [0, 0.05) is 12.6 Å². The fourth-order valence-electron chi connectivity index (χ4n) is 2.18. The molecule has 0 saturated heterocycles. The van der Waals surface area contributed by atoms with E-state index in [-0.39, 0.29) is 23.7 Å². The standard InChI is InChI=1S/C18H21ClN2O4/c1-11-4-3-5-13(6-11)25-10-12(22)9-21-18(23)14-7-15(19)16(20)8-17(14)24-2/h3-8,12,22H,9-10,20H2,1-2H3,(H,21,23). The zero-order valence-electron chi connectivity index (χ0n) is 14.1. The highest BCUT2D eigenvalue weighted by atomic mass is 35.5. The second kappa shape index (κ2) is 8.60. The van der Waals surface area contributed by atoms with Crippen LogP contribution >= 0.6 is 11.6 Å². The average molecular weight is 365 g/mol. The molecule has 6 nitrogen and oxygen atoms in total. The van der Waals surface area contributed by atoms with Gasteiger partial charge in [0.15, 0.2) is 0 Å². The first kappa shape index (κ1) is 18.9. The smallest absolute Gasteiger partial charge is 0.255 e. The maximum absolute atomic E-state index is 12.3. The highest BCUT2D eigenvalue weighted by molar-refractivity contribution is 6.33. The molecular weight excluding hydrogens is 344 g/mol. The number of hydrogen-bond acceptors (Lipinski definition) is 5. The molecule has 2 rings (SSSR count). The van der Waals surface area contributed by atoms with E-state index < -0.39 is 12.0 Å². The number of hydrogen-bond donors (Lipinski definition) is 3. The summed E-state index contributed by atoms with van der Waals surface area (Å²) in [6, 6.07) is 10.4. The van der Waals surface area contributed by atoms with E-state index in [1.54, 1.807) is 6.07 Å². The summed E-state index contributed by atoms with van der Waals surface area (Å²) >= 11 is 5.95. The van der Waals surface area contributed by atoms with Gasteiger partial charge in [-0.2, -0.15) is 0 Å². The summed E-state index contributed by atoms with van der Waals surface area (Å²) < 4.78 is 10.6. The Kier molecular flexibility index (Phi) is 6.50. The van der Waals surface area contributed by atoms with E-state index in [9.17, 15) is 9.90 Å². The van der Waals surface area contributed by atoms with E-state index in [4.69, 9.17) is 26.8 Å². The number of benzene rings is 2. The number of carbonyl (C=O) groups is 1. The van der Waals surface area contributed by atoms with Crippen molar-refractivity contribution in [1.29, 1.82) is 0 Å². The molecule has 0 saturated carbocycles. The molecule has 0 heterocycles. The number of rotatable bonds is 7. The summed E-state index contributed by atoms with van der Waals surface area (Å²) in [5, 5.41) is 12.9. The summed E-state index contributed by atoms with van der Waals surface area (Å²) in [5.41, 5.74) is 7.32. The summed E-state index contributed by atoms with van der Waals surface area (Å²) in [6.45, 7) is 2.04. The van der Waals surface area contributed by atoms with Crippen molar-refractivity contribution in [3.63, 3.8) is 0 Å². The number of halogens is 1. The van der Waals surface area contributed by atoms with Crippen LogP contribution in [0.5, 0.6) is 11.5 Å². The highest BCUT2D eigenvalue weighted by Crippen LogP contribution is 2.28. The van der Waals surface area contributed by atoms with Crippen molar-refractivity contribution in [3.8, 4) is 11.5 Å². The van der Waals surface area contributed by atoms with Crippen LogP contribution in [0.15, 0.2) is 36.4 Å². The molecule has 2 aromatic carbocycles. The lowest BCUT2D eigenvalue weighted by Crippen LogP contribution is -2.35. The molecule has 7 heteroatoms. The van der Waals surface area contributed by atoms with Crippen molar-refractivity contribution >= 4 is 23.2 Å². The molecule has 1 amide bonds. The molecule has 1 atom stereocenters. The Hall–Kier alpha value is -2.44. The number of amides is 1. The van der Waals surface area contributed by atoms with Crippen LogP contribution in [0.1, 0.15) is 15.9 Å². The number of methoxy groups -OCH3 is 1. The molecule has 134 valence electrons. The summed E-state index contributed by atoms with van der Waals surface area (Å²) in [6.07, 6.45) is -0.861. The Morgan fingerprint density at radius 3 is 2.80 bits per heavy atom. The molecule has 0 fully saturated rings. The number of nitrogens with one attached hydrogen (secondary N) is 1. The number of carbonyl (C=O) groups excluding carboxylic acids is 1. The van der Waals surface area contributed by atoms with E-state index in [1.165, 1.54) is 19.2 Å². The van der Waals surface area contributed by atoms with Gasteiger partial charge in [-0.25, -0.2) is 0 Å². The van der Waals surface area contributed by atoms with E-state index in [2.05, 4.69) is 5.32 Å². The molecule has 0 aromatic heterocycles. The van der Waals surface area contributed by atoms with Gasteiger partial charge in [-0.1, -0.05) is 23.7 Å². The van der Waals surface area contributed by atoms with E-state index in [0.29, 0.717) is 17.2 Å². The van der Waals surface area contributed by atoms with Crippen molar-refractivity contribution < 1.29 is 19.4 Å². The van der Waals surface area contributed by atoms with Crippen molar-refractivity contribution in [3.05, 3.63) is 52.5 Å². The highest BCUT2D eigenvalue weighted by Gasteiger charge is 2.16. The first-order chi connectivity index (χ1) is 11.9. The quantitative estimate of drug-likeness (QED) is 0.656. The van der Waals surface area contributed by atoms with Crippen molar-refractivity contribution in [1.82, 2.24) is 5.32 Å². The van der Waals surface area contributed by atoms with Gasteiger partial charge in [-0.15, -0.1) is 0 Å². The third-order valence-electron chi connectivity index (χ3n) is 3.49. The number of anilines is 1. The van der Waals surface area contributed by atoms with Crippen LogP contribution in [-0.2, 0) is 0 Å². The minimum atomic E-state index is -0.861. The lowest BCUT2D eigenvalue weighted by atomic mass is 10.1. The van der Waals surface area contributed by atoms with E-state index >= 15 is 0 Å². The fraction of sp³-hybridized carbons (Fsp3) is 0.278. The number of aryl methyl sites for hydroxylation is 1. The molecule has 0 aliphatic rings. The summed E-state index contributed by atoms with van der Waals surface area (Å²) in [4.78, 5) is 12.3. The van der Waals surface area contributed by atoms with Crippen molar-refractivity contribution in [2.75, 3.05) is 26.0 Å². The minimum absolute atomic E-state index is 0.0236. The Balaban J connectivity index is 1.90. The third-order valence-corrected chi connectivity index (χ3v) is 3.82. The average Bonchev–Trinajstić information content (AvgIpc) is 2.59. The Bertz CT molecular complexity index is 752. The molecule has 0 aliphatic carbocycles. The Morgan fingerprint density at radius 2 is 2.12 bits per heavy atom. The fourth-order valence-corrected chi connectivity index (χ4v) is 2.34. The first-order valence-electron chi connectivity index (χ1n) is 7.69. The van der Waals surface area contributed by atoms with Crippen LogP contribution in [0.3, 0.4) is 0 Å². The minimum Gasteiger partial charge on any atom is -0.496 e. The number of nitrogen functional groups attached to an aromatic ring is 1. The van der Waals surface area contributed by atoms with Crippen LogP contribution in [0, 0.1) is 6.92 Å². The molecule has 0 spiro atoms. The van der Waals surface area contributed by atoms with Gasteiger partial charge < -0.3 is 25.6 Å². The maximum atomic E-state index is 12.3. The number of ether oxygens (including phenoxy) is 2. The monoisotopic (exact) mass is 364 g/mol. The molecule has 0 bridgehead atoms. The zero-order valence-corrected chi connectivity index (χ0v) is 14.8. The van der Waals surface area contributed by atoms with E-state index in [1.807, 2.05) is 25.1 Å². The SMILES string of the molecule is COc1cc(N)c(Cl)cc1C(=O)NCC(O)COc1cccc(C)c1. The molecule has 1 unspecified atom stereocenters. The van der Waals surface area contributed by atoms with Gasteiger partial charge in [0.1, 0.15) is 24.2 Å². The predicted molar refractivity (Wildman–Crippen MR) is 97.4 cm³/mol. The topological polar surface area (TPSA) is 93.8 Å². The lowest BCUT2D eigenvalue weighted by Gasteiger charge is -2.15. The van der Waals surface area contributed by atoms with Gasteiger partial charge >= 0.3 is 0 Å². The van der Waals surface area contributed by atoms with Crippen LogP contribution in [-0.4, -0.2) is 37.4 Å². The Labute approximate surface area is 151 Å². The maximum Gasteiger partial charge on any atom is 0.255 e. The number of nitrogens with two attached hydrogens (primary N) is 1. The Morgan fingerprint density at radius 1 is 1.36 bits per heavy atom. The van der Waals surface area contributed by atoms with Crippen molar-refractivity contribution in [2.24, 2.45) is 0 Å². The lowest BCUT2D eigenvalue weighted by molar-refractivity contribution is 0.0841. The summed E-state index contributed by atoms with van der Waals surface area (Å²) in [7, 11) is 1.43. The van der Waals surface area contributed by atoms with Gasteiger partial charge in [0.05, 0.1) is 23.4 Å². The number of aliphatic hydroxyl groups is 1. The number of aliphatic hydroxyl groups excluding tert-OH is 1. The largest absolute Gasteiger partial charge is 0.496 e. The van der Waals surface area contributed by atoms with Gasteiger partial charge in [0.25, 0.3) is 5.91 Å². The van der Waals surface area contributed by atoms with Crippen LogP contribution < -0.4 is 20.5 Å². The first-order valence-corrected chi connectivity index (χ1v) is 8.07. The molecule has 4 N–H and O–H groups in total. The molecule has 2 aromatic rings. The third kappa shape index (κ3) is 5.27. The molecular formula is C18H21ClN2O4. The zero-order chi connectivity index (χ0) is 18.4. The van der Waals surface area contributed by atoms with Crippen LogP contribution in [0.2, 0.25) is 5.02 Å². The van der Waals surface area contributed by atoms with Gasteiger partial charge in [-0.05, 0) is 30.7 Å². The van der Waals surface area contributed by atoms with Crippen molar-refractivity contribution in [2.45, 2.75) is 13.0 Å². The molecule has 0 radical (unpaired) electrons. The van der Waals surface area contributed by atoms with Gasteiger partial charge in [-0.3, -0.25) is 4.79 Å². The summed E-state index contributed by atoms with van der Waals surface area (Å²) in [5.74, 6) is 0.551.